The molecular formula is C14H15ClF3NO. The average Bonchev–Trinajstić information content (AvgIpc) is 2.35. The molecule has 0 saturated heterocycles. The lowest BCUT2D eigenvalue weighted by Gasteiger charge is -2.42. The Bertz CT molecular complexity index is 493. The van der Waals surface area contributed by atoms with Gasteiger partial charge in [0, 0.05) is 31.0 Å². The van der Waals surface area contributed by atoms with Gasteiger partial charge in [-0.05, 0) is 18.6 Å². The highest BCUT2D eigenvalue weighted by molar-refractivity contribution is 6.27. The maximum absolute atomic E-state index is 13.8. The second-order valence-corrected chi connectivity index (χ2v) is 5.38. The maximum atomic E-state index is 13.8. The van der Waals surface area contributed by atoms with Gasteiger partial charge in [-0.25, -0.2) is 13.2 Å². The summed E-state index contributed by atoms with van der Waals surface area (Å²) in [5, 5.41) is 0. The first kappa shape index (κ1) is 15.2. The van der Waals surface area contributed by atoms with Crippen molar-refractivity contribution in [1.82, 2.24) is 4.90 Å². The van der Waals surface area contributed by atoms with Gasteiger partial charge in [0.1, 0.15) is 11.7 Å². The van der Waals surface area contributed by atoms with Crippen LogP contribution in [0, 0.1) is 12.7 Å². The van der Waals surface area contributed by atoms with E-state index in [9.17, 15) is 18.0 Å². The molecule has 1 saturated carbocycles. The summed E-state index contributed by atoms with van der Waals surface area (Å²) in [5.41, 5.74) is 1.03. The second-order valence-electron chi connectivity index (χ2n) is 5.11. The predicted octanol–water partition coefficient (Wildman–Crippen LogP) is 3.50. The highest BCUT2D eigenvalue weighted by Crippen LogP contribution is 2.41. The number of nitrogens with zero attached hydrogens (tertiary/aromatic N) is 1. The van der Waals surface area contributed by atoms with Gasteiger partial charge in [-0.2, -0.15) is 0 Å². The van der Waals surface area contributed by atoms with E-state index in [1.165, 1.54) is 11.0 Å². The van der Waals surface area contributed by atoms with Crippen LogP contribution in [0.4, 0.5) is 13.2 Å². The monoisotopic (exact) mass is 305 g/mol. The van der Waals surface area contributed by atoms with Gasteiger partial charge in [0.05, 0.1) is 0 Å². The minimum Gasteiger partial charge on any atom is -0.334 e. The van der Waals surface area contributed by atoms with Crippen molar-refractivity contribution in [3.05, 3.63) is 35.1 Å². The van der Waals surface area contributed by atoms with Gasteiger partial charge < -0.3 is 4.90 Å². The highest BCUT2D eigenvalue weighted by atomic mass is 35.5. The molecule has 0 spiro atoms. The molecule has 0 aliphatic heterocycles. The number of amides is 1. The van der Waals surface area contributed by atoms with E-state index in [0.29, 0.717) is 11.1 Å². The van der Waals surface area contributed by atoms with Gasteiger partial charge in [0.15, 0.2) is 0 Å². The lowest BCUT2D eigenvalue weighted by Crippen LogP contribution is -2.53. The number of aryl methyl sites for hydroxylation is 1. The van der Waals surface area contributed by atoms with Crippen LogP contribution in [0.3, 0.4) is 0 Å². The molecule has 0 radical (unpaired) electrons. The first-order valence-electron chi connectivity index (χ1n) is 6.31. The Hall–Kier alpha value is -1.23. The molecule has 110 valence electrons. The molecule has 1 amide bonds. The zero-order valence-corrected chi connectivity index (χ0v) is 11.8. The predicted molar refractivity (Wildman–Crippen MR) is 70.4 cm³/mol. The number of hydrogen-bond acceptors (Lipinski definition) is 1. The van der Waals surface area contributed by atoms with Crippen molar-refractivity contribution in [2.75, 3.05) is 5.88 Å². The topological polar surface area (TPSA) is 20.3 Å². The fourth-order valence-electron chi connectivity index (χ4n) is 2.38. The summed E-state index contributed by atoms with van der Waals surface area (Å²) >= 11 is 5.52. The molecule has 2 rings (SSSR count). The standard InChI is InChI=1S/C14H15ClF3NO/c1-9-3-2-4-12(16)11(9)8-19(13(20)7-15)10-5-14(17,18)6-10/h2-4,10H,5-8H2,1H3. The summed E-state index contributed by atoms with van der Waals surface area (Å²) < 4.78 is 39.7. The third kappa shape index (κ3) is 3.08. The molecule has 0 N–H and O–H groups in total. The summed E-state index contributed by atoms with van der Waals surface area (Å²) in [6, 6.07) is 4.01. The highest BCUT2D eigenvalue weighted by Gasteiger charge is 2.49. The molecule has 0 aromatic heterocycles. The molecule has 1 fully saturated rings. The first-order valence-corrected chi connectivity index (χ1v) is 6.85. The number of carbonyl (C=O) groups is 1. The molecular weight excluding hydrogens is 291 g/mol. The number of alkyl halides is 3. The quantitative estimate of drug-likeness (QED) is 0.780. The van der Waals surface area contributed by atoms with Gasteiger partial charge in [-0.1, -0.05) is 12.1 Å². The number of carbonyl (C=O) groups excluding carboxylic acids is 1. The summed E-state index contributed by atoms with van der Waals surface area (Å²) in [6.07, 6.45) is -0.772. The van der Waals surface area contributed by atoms with Gasteiger partial charge >= 0.3 is 0 Å². The van der Waals surface area contributed by atoms with Crippen molar-refractivity contribution in [2.45, 2.75) is 38.3 Å². The number of hydrogen-bond donors (Lipinski definition) is 0. The summed E-state index contributed by atoms with van der Waals surface area (Å²) in [4.78, 5) is 13.1. The third-order valence-electron chi connectivity index (χ3n) is 3.63. The lowest BCUT2D eigenvalue weighted by molar-refractivity contribution is -0.152. The van der Waals surface area contributed by atoms with Gasteiger partial charge in [0.25, 0.3) is 5.92 Å². The number of rotatable bonds is 4. The van der Waals surface area contributed by atoms with Crippen LogP contribution in [0.2, 0.25) is 0 Å². The van der Waals surface area contributed by atoms with Crippen LogP contribution < -0.4 is 0 Å². The van der Waals surface area contributed by atoms with E-state index in [1.807, 2.05) is 0 Å². The second kappa shape index (κ2) is 5.64. The van der Waals surface area contributed by atoms with Crippen LogP contribution in [-0.4, -0.2) is 28.7 Å². The van der Waals surface area contributed by atoms with E-state index in [1.54, 1.807) is 19.1 Å². The molecule has 20 heavy (non-hydrogen) atoms. The fourth-order valence-corrected chi connectivity index (χ4v) is 2.54. The minimum absolute atomic E-state index is 0.0230. The molecule has 1 aromatic rings. The van der Waals surface area contributed by atoms with E-state index in [4.69, 9.17) is 11.6 Å². The maximum Gasteiger partial charge on any atom is 0.252 e. The molecule has 6 heteroatoms. The van der Waals surface area contributed by atoms with Gasteiger partial charge in [0.2, 0.25) is 5.91 Å². The van der Waals surface area contributed by atoms with E-state index >= 15 is 0 Å². The molecule has 0 heterocycles. The van der Waals surface area contributed by atoms with Gasteiger partial charge in [-0.3, -0.25) is 4.79 Å². The molecule has 0 unspecified atom stereocenters. The van der Waals surface area contributed by atoms with E-state index < -0.39 is 23.7 Å². The Balaban J connectivity index is 2.19. The normalized spacial score (nSPS) is 17.6. The summed E-state index contributed by atoms with van der Waals surface area (Å²) in [6.45, 7) is 1.70. The van der Waals surface area contributed by atoms with Crippen molar-refractivity contribution < 1.29 is 18.0 Å². The Morgan fingerprint density at radius 3 is 2.60 bits per heavy atom. The van der Waals surface area contributed by atoms with Crippen LogP contribution in [-0.2, 0) is 11.3 Å². The van der Waals surface area contributed by atoms with Crippen molar-refractivity contribution in [2.24, 2.45) is 0 Å². The molecule has 0 bridgehead atoms. The van der Waals surface area contributed by atoms with Crippen LogP contribution >= 0.6 is 11.6 Å². The van der Waals surface area contributed by atoms with Crippen LogP contribution in [0.25, 0.3) is 0 Å². The Kier molecular flexibility index (Phi) is 4.28. The van der Waals surface area contributed by atoms with Crippen LogP contribution in [0.5, 0.6) is 0 Å². The summed E-state index contributed by atoms with van der Waals surface area (Å²) in [7, 11) is 0. The van der Waals surface area contributed by atoms with E-state index in [2.05, 4.69) is 0 Å². The van der Waals surface area contributed by atoms with E-state index in [0.717, 1.165) is 0 Å². The zero-order valence-electron chi connectivity index (χ0n) is 11.0. The van der Waals surface area contributed by atoms with Crippen molar-refractivity contribution in [3.8, 4) is 0 Å². The number of benzene rings is 1. The fraction of sp³-hybridized carbons (Fsp3) is 0.500. The van der Waals surface area contributed by atoms with Crippen molar-refractivity contribution in [1.29, 1.82) is 0 Å². The Morgan fingerprint density at radius 2 is 2.10 bits per heavy atom. The Labute approximate surface area is 120 Å². The smallest absolute Gasteiger partial charge is 0.252 e. The van der Waals surface area contributed by atoms with Crippen LogP contribution in [0.1, 0.15) is 24.0 Å². The molecule has 2 nitrogen and oxygen atoms in total. The number of halogens is 4. The molecule has 1 aliphatic rings. The third-order valence-corrected chi connectivity index (χ3v) is 3.85. The molecule has 1 aliphatic carbocycles. The average molecular weight is 306 g/mol. The Morgan fingerprint density at radius 1 is 1.45 bits per heavy atom. The minimum atomic E-state index is -2.74. The van der Waals surface area contributed by atoms with Crippen molar-refractivity contribution in [3.63, 3.8) is 0 Å². The SMILES string of the molecule is Cc1cccc(F)c1CN(C(=O)CCl)C1CC(F)(F)C1. The van der Waals surface area contributed by atoms with Crippen molar-refractivity contribution >= 4 is 17.5 Å². The molecule has 0 atom stereocenters. The van der Waals surface area contributed by atoms with Gasteiger partial charge in [-0.15, -0.1) is 11.6 Å². The lowest BCUT2D eigenvalue weighted by atomic mass is 9.86. The first-order chi connectivity index (χ1) is 9.34. The summed E-state index contributed by atoms with van der Waals surface area (Å²) in [5.74, 6) is -3.92. The largest absolute Gasteiger partial charge is 0.334 e. The van der Waals surface area contributed by atoms with E-state index in [-0.39, 0.29) is 25.3 Å². The molecule has 1 aromatic carbocycles. The zero-order chi connectivity index (χ0) is 14.9. The van der Waals surface area contributed by atoms with Crippen LogP contribution in [0.15, 0.2) is 18.2 Å².